The Morgan fingerprint density at radius 3 is 2.89 bits per heavy atom. The molecule has 0 aliphatic carbocycles. The lowest BCUT2D eigenvalue weighted by molar-refractivity contribution is -0.139. The van der Waals surface area contributed by atoms with Crippen LogP contribution in [-0.4, -0.2) is 5.97 Å². The first-order valence-electron chi connectivity index (χ1n) is 6.56. The summed E-state index contributed by atoms with van der Waals surface area (Å²) in [5.74, 6) is 0.419. The fraction of sp³-hybridized carbons (Fsp3) is 0.438. The summed E-state index contributed by atoms with van der Waals surface area (Å²) in [4.78, 5) is 12.0. The summed E-state index contributed by atoms with van der Waals surface area (Å²) in [7, 11) is 0. The molecule has 2 nitrogen and oxygen atoms in total. The first-order chi connectivity index (χ1) is 8.67. The molecule has 0 bridgehead atoms. The predicted octanol–water partition coefficient (Wildman–Crippen LogP) is 4.28. The fourth-order valence-corrected chi connectivity index (χ4v) is 1.86. The summed E-state index contributed by atoms with van der Waals surface area (Å²) in [5, 5.41) is 0. The van der Waals surface area contributed by atoms with E-state index in [-0.39, 0.29) is 11.9 Å². The molecule has 2 heteroatoms. The molecule has 0 aliphatic heterocycles. The zero-order valence-electron chi connectivity index (χ0n) is 11.3. The SMILES string of the molecule is C=CCC(CCCC)C(=O)Oc1cccc(C)c1. The Kier molecular flexibility index (Phi) is 6.20. The van der Waals surface area contributed by atoms with E-state index in [1.54, 1.807) is 6.08 Å². The van der Waals surface area contributed by atoms with Crippen molar-refractivity contribution in [3.05, 3.63) is 42.5 Å². The second-order valence-electron chi connectivity index (χ2n) is 4.60. The van der Waals surface area contributed by atoms with Crippen molar-refractivity contribution >= 4 is 5.97 Å². The lowest BCUT2D eigenvalue weighted by Gasteiger charge is -2.13. The molecule has 0 radical (unpaired) electrons. The molecule has 0 amide bonds. The standard InChI is InChI=1S/C16H22O2/c1-4-6-10-14(8-5-2)16(17)18-15-11-7-9-13(3)12-15/h5,7,9,11-12,14H,2,4,6,8,10H2,1,3H3. The minimum absolute atomic E-state index is 0.0667. The minimum atomic E-state index is -0.144. The van der Waals surface area contributed by atoms with Gasteiger partial charge in [-0.25, -0.2) is 0 Å². The number of carbonyl (C=O) groups is 1. The molecule has 1 aromatic carbocycles. The van der Waals surface area contributed by atoms with Crippen LogP contribution in [0.1, 0.15) is 38.2 Å². The highest BCUT2D eigenvalue weighted by molar-refractivity contribution is 5.75. The van der Waals surface area contributed by atoms with Gasteiger partial charge >= 0.3 is 5.97 Å². The van der Waals surface area contributed by atoms with Gasteiger partial charge < -0.3 is 4.74 Å². The number of aryl methyl sites for hydroxylation is 1. The van der Waals surface area contributed by atoms with E-state index in [1.807, 2.05) is 31.2 Å². The van der Waals surface area contributed by atoms with Crippen molar-refractivity contribution in [2.45, 2.75) is 39.5 Å². The van der Waals surface area contributed by atoms with E-state index in [1.165, 1.54) is 0 Å². The molecule has 98 valence electrons. The number of rotatable bonds is 7. The van der Waals surface area contributed by atoms with Crippen molar-refractivity contribution in [1.29, 1.82) is 0 Å². The van der Waals surface area contributed by atoms with E-state index in [9.17, 15) is 4.79 Å². The van der Waals surface area contributed by atoms with Gasteiger partial charge in [0.1, 0.15) is 5.75 Å². The first kappa shape index (κ1) is 14.5. The monoisotopic (exact) mass is 246 g/mol. The van der Waals surface area contributed by atoms with Crippen LogP contribution in [0, 0.1) is 12.8 Å². The van der Waals surface area contributed by atoms with Crippen LogP contribution in [0.15, 0.2) is 36.9 Å². The summed E-state index contributed by atoms with van der Waals surface area (Å²) < 4.78 is 5.42. The molecular weight excluding hydrogens is 224 g/mol. The number of hydrogen-bond acceptors (Lipinski definition) is 2. The van der Waals surface area contributed by atoms with Gasteiger partial charge in [-0.2, -0.15) is 0 Å². The topological polar surface area (TPSA) is 26.3 Å². The van der Waals surface area contributed by atoms with Gasteiger partial charge in [0, 0.05) is 0 Å². The maximum absolute atomic E-state index is 12.0. The maximum Gasteiger partial charge on any atom is 0.314 e. The van der Waals surface area contributed by atoms with Crippen LogP contribution in [0.25, 0.3) is 0 Å². The smallest absolute Gasteiger partial charge is 0.314 e. The van der Waals surface area contributed by atoms with Gasteiger partial charge in [-0.3, -0.25) is 4.79 Å². The van der Waals surface area contributed by atoms with Gasteiger partial charge in [0.15, 0.2) is 0 Å². The molecule has 18 heavy (non-hydrogen) atoms. The van der Waals surface area contributed by atoms with Gasteiger partial charge in [-0.15, -0.1) is 6.58 Å². The van der Waals surface area contributed by atoms with E-state index in [0.29, 0.717) is 12.2 Å². The van der Waals surface area contributed by atoms with E-state index >= 15 is 0 Å². The van der Waals surface area contributed by atoms with Crippen LogP contribution in [0.2, 0.25) is 0 Å². The Bertz CT molecular complexity index is 396. The number of carbonyl (C=O) groups excluding carboxylic acids is 1. The third kappa shape index (κ3) is 4.74. The first-order valence-corrected chi connectivity index (χ1v) is 6.56. The Morgan fingerprint density at radius 1 is 1.50 bits per heavy atom. The summed E-state index contributed by atoms with van der Waals surface area (Å²) >= 11 is 0. The van der Waals surface area contributed by atoms with Gasteiger partial charge in [-0.1, -0.05) is 38.0 Å². The fourth-order valence-electron chi connectivity index (χ4n) is 1.86. The highest BCUT2D eigenvalue weighted by Crippen LogP contribution is 2.19. The average Bonchev–Trinajstić information content (AvgIpc) is 2.34. The van der Waals surface area contributed by atoms with E-state index in [0.717, 1.165) is 24.8 Å². The number of hydrogen-bond donors (Lipinski definition) is 0. The molecule has 1 atom stereocenters. The molecule has 0 aliphatic rings. The number of allylic oxidation sites excluding steroid dienone is 1. The summed E-state index contributed by atoms with van der Waals surface area (Å²) in [6.45, 7) is 7.81. The van der Waals surface area contributed by atoms with E-state index < -0.39 is 0 Å². The Labute approximate surface area is 110 Å². The van der Waals surface area contributed by atoms with Crippen LogP contribution in [0.5, 0.6) is 5.75 Å². The number of unbranched alkanes of at least 4 members (excludes halogenated alkanes) is 1. The average molecular weight is 246 g/mol. The maximum atomic E-state index is 12.0. The zero-order chi connectivity index (χ0) is 13.4. The molecule has 0 aromatic heterocycles. The minimum Gasteiger partial charge on any atom is -0.426 e. The molecule has 0 fully saturated rings. The lowest BCUT2D eigenvalue weighted by Crippen LogP contribution is -2.20. The molecule has 0 saturated carbocycles. The van der Waals surface area contributed by atoms with Gasteiger partial charge in [-0.05, 0) is 37.5 Å². The Hall–Kier alpha value is -1.57. The second kappa shape index (κ2) is 7.70. The van der Waals surface area contributed by atoms with Crippen molar-refractivity contribution in [1.82, 2.24) is 0 Å². The van der Waals surface area contributed by atoms with Crippen molar-refractivity contribution in [3.8, 4) is 5.75 Å². The molecule has 1 rings (SSSR count). The Balaban J connectivity index is 2.62. The van der Waals surface area contributed by atoms with Crippen molar-refractivity contribution < 1.29 is 9.53 Å². The molecule has 1 aromatic rings. The van der Waals surface area contributed by atoms with Crippen molar-refractivity contribution in [3.63, 3.8) is 0 Å². The third-order valence-electron chi connectivity index (χ3n) is 2.90. The predicted molar refractivity (Wildman–Crippen MR) is 74.6 cm³/mol. The normalized spacial score (nSPS) is 11.9. The number of benzene rings is 1. The van der Waals surface area contributed by atoms with Gasteiger partial charge in [0.25, 0.3) is 0 Å². The quantitative estimate of drug-likeness (QED) is 0.408. The van der Waals surface area contributed by atoms with E-state index in [2.05, 4.69) is 13.5 Å². The van der Waals surface area contributed by atoms with Crippen LogP contribution >= 0.6 is 0 Å². The van der Waals surface area contributed by atoms with Crippen LogP contribution in [-0.2, 0) is 4.79 Å². The molecule has 1 unspecified atom stereocenters. The highest BCUT2D eigenvalue weighted by atomic mass is 16.5. The molecule has 0 N–H and O–H groups in total. The van der Waals surface area contributed by atoms with E-state index in [4.69, 9.17) is 4.74 Å². The molecule has 0 heterocycles. The highest BCUT2D eigenvalue weighted by Gasteiger charge is 2.18. The van der Waals surface area contributed by atoms with Crippen molar-refractivity contribution in [2.75, 3.05) is 0 Å². The van der Waals surface area contributed by atoms with Crippen LogP contribution in [0.4, 0.5) is 0 Å². The van der Waals surface area contributed by atoms with Gasteiger partial charge in [0.05, 0.1) is 5.92 Å². The van der Waals surface area contributed by atoms with Crippen LogP contribution in [0.3, 0.4) is 0 Å². The molecule has 0 spiro atoms. The van der Waals surface area contributed by atoms with Crippen LogP contribution < -0.4 is 4.74 Å². The van der Waals surface area contributed by atoms with Gasteiger partial charge in [0.2, 0.25) is 0 Å². The largest absolute Gasteiger partial charge is 0.426 e. The zero-order valence-corrected chi connectivity index (χ0v) is 11.3. The van der Waals surface area contributed by atoms with Crippen molar-refractivity contribution in [2.24, 2.45) is 5.92 Å². The molecular formula is C16H22O2. The number of ether oxygens (including phenoxy) is 1. The molecule has 0 saturated heterocycles. The second-order valence-corrected chi connectivity index (χ2v) is 4.60. The number of esters is 1. The summed E-state index contributed by atoms with van der Waals surface area (Å²) in [6.07, 6.45) is 5.47. The third-order valence-corrected chi connectivity index (χ3v) is 2.90. The summed E-state index contributed by atoms with van der Waals surface area (Å²) in [5.41, 5.74) is 1.09. The lowest BCUT2D eigenvalue weighted by atomic mass is 9.99. The summed E-state index contributed by atoms with van der Waals surface area (Å²) in [6, 6.07) is 7.57. The Morgan fingerprint density at radius 2 is 2.28 bits per heavy atom.